The number of ether oxygens (including phenoxy) is 2. The van der Waals surface area contributed by atoms with Gasteiger partial charge in [0.1, 0.15) is 18.1 Å². The van der Waals surface area contributed by atoms with E-state index in [1.807, 2.05) is 49.4 Å². The van der Waals surface area contributed by atoms with E-state index < -0.39 is 0 Å². The minimum atomic E-state index is 0.0234. The number of hydrogen-bond acceptors (Lipinski definition) is 3. The summed E-state index contributed by atoms with van der Waals surface area (Å²) in [5.74, 6) is 1.67. The van der Waals surface area contributed by atoms with Crippen molar-refractivity contribution >= 4 is 21.8 Å². The molecule has 0 aliphatic rings. The zero-order valence-corrected chi connectivity index (χ0v) is 15.6. The second-order valence-corrected chi connectivity index (χ2v) is 6.29. The van der Waals surface area contributed by atoms with Crippen molar-refractivity contribution in [2.75, 3.05) is 20.3 Å². The van der Waals surface area contributed by atoms with Crippen LogP contribution in [0.1, 0.15) is 17.5 Å². The number of benzene rings is 2. The molecule has 0 aromatic heterocycles. The molecule has 0 fully saturated rings. The van der Waals surface area contributed by atoms with Crippen molar-refractivity contribution < 1.29 is 14.3 Å². The van der Waals surface area contributed by atoms with E-state index in [0.29, 0.717) is 26.0 Å². The highest BCUT2D eigenvalue weighted by atomic mass is 79.9. The monoisotopic (exact) mass is 391 g/mol. The van der Waals surface area contributed by atoms with E-state index in [-0.39, 0.29) is 5.91 Å². The maximum atomic E-state index is 11.9. The molecule has 0 bridgehead atoms. The maximum absolute atomic E-state index is 11.9. The molecule has 24 heavy (non-hydrogen) atoms. The van der Waals surface area contributed by atoms with Crippen molar-refractivity contribution in [1.29, 1.82) is 0 Å². The van der Waals surface area contributed by atoms with Crippen LogP contribution >= 0.6 is 15.9 Å². The lowest BCUT2D eigenvalue weighted by atomic mass is 10.1. The SMILES string of the molecule is COc1ccc(CCC(=O)NCCOc2ccccc2C)cc1Br. The fourth-order valence-electron chi connectivity index (χ4n) is 2.28. The van der Waals surface area contributed by atoms with Crippen molar-refractivity contribution in [2.24, 2.45) is 0 Å². The molecule has 0 atom stereocenters. The largest absolute Gasteiger partial charge is 0.496 e. The molecule has 0 radical (unpaired) electrons. The third kappa shape index (κ3) is 5.57. The fraction of sp³-hybridized carbons (Fsp3) is 0.316. The third-order valence-electron chi connectivity index (χ3n) is 3.63. The molecule has 1 N–H and O–H groups in total. The summed E-state index contributed by atoms with van der Waals surface area (Å²) in [6.45, 7) is 2.96. The molecule has 5 heteroatoms. The Kier molecular flexibility index (Phi) is 7.12. The minimum Gasteiger partial charge on any atom is -0.496 e. The Labute approximate surface area is 151 Å². The van der Waals surface area contributed by atoms with Gasteiger partial charge in [-0.2, -0.15) is 0 Å². The highest BCUT2D eigenvalue weighted by Gasteiger charge is 2.05. The van der Waals surface area contributed by atoms with Gasteiger partial charge in [0.05, 0.1) is 18.1 Å². The number of amides is 1. The zero-order chi connectivity index (χ0) is 17.4. The molecule has 0 saturated heterocycles. The summed E-state index contributed by atoms with van der Waals surface area (Å²) in [4.78, 5) is 11.9. The fourth-order valence-corrected chi connectivity index (χ4v) is 2.87. The van der Waals surface area contributed by atoms with Crippen LogP contribution in [0.15, 0.2) is 46.9 Å². The first-order valence-electron chi connectivity index (χ1n) is 7.87. The molecule has 4 nitrogen and oxygen atoms in total. The predicted octanol–water partition coefficient (Wildman–Crippen LogP) is 3.89. The van der Waals surface area contributed by atoms with Gasteiger partial charge in [0, 0.05) is 6.42 Å². The lowest BCUT2D eigenvalue weighted by molar-refractivity contribution is -0.121. The summed E-state index contributed by atoms with van der Waals surface area (Å²) in [6.07, 6.45) is 1.14. The lowest BCUT2D eigenvalue weighted by Crippen LogP contribution is -2.28. The number of para-hydroxylation sites is 1. The van der Waals surface area contributed by atoms with Crippen LogP contribution < -0.4 is 14.8 Å². The Morgan fingerprint density at radius 2 is 1.96 bits per heavy atom. The summed E-state index contributed by atoms with van der Waals surface area (Å²) in [7, 11) is 1.63. The van der Waals surface area contributed by atoms with Gasteiger partial charge in [-0.1, -0.05) is 24.3 Å². The molecule has 0 aliphatic carbocycles. The van der Waals surface area contributed by atoms with Crippen molar-refractivity contribution in [3.05, 3.63) is 58.1 Å². The Bertz CT molecular complexity index is 688. The first-order valence-corrected chi connectivity index (χ1v) is 8.67. The van der Waals surface area contributed by atoms with Gasteiger partial charge < -0.3 is 14.8 Å². The van der Waals surface area contributed by atoms with Gasteiger partial charge in [-0.25, -0.2) is 0 Å². The Morgan fingerprint density at radius 1 is 1.17 bits per heavy atom. The van der Waals surface area contributed by atoms with Gasteiger partial charge in [0.2, 0.25) is 5.91 Å². The smallest absolute Gasteiger partial charge is 0.220 e. The average molecular weight is 392 g/mol. The van der Waals surface area contributed by atoms with E-state index in [2.05, 4.69) is 21.2 Å². The normalized spacial score (nSPS) is 10.3. The average Bonchev–Trinajstić information content (AvgIpc) is 2.58. The van der Waals surface area contributed by atoms with Gasteiger partial charge >= 0.3 is 0 Å². The number of carbonyl (C=O) groups is 1. The standard InChI is InChI=1S/C19H22BrNO3/c1-14-5-3-4-6-17(14)24-12-11-21-19(22)10-8-15-7-9-18(23-2)16(20)13-15/h3-7,9,13H,8,10-12H2,1-2H3,(H,21,22). The molecule has 0 unspecified atom stereocenters. The van der Waals surface area contributed by atoms with Gasteiger partial charge in [-0.3, -0.25) is 4.79 Å². The van der Waals surface area contributed by atoms with E-state index in [1.54, 1.807) is 7.11 Å². The van der Waals surface area contributed by atoms with Crippen LogP contribution in [0.3, 0.4) is 0 Å². The van der Waals surface area contributed by atoms with E-state index >= 15 is 0 Å². The Hall–Kier alpha value is -2.01. The molecule has 0 heterocycles. The van der Waals surface area contributed by atoms with E-state index in [1.165, 1.54) is 0 Å². The van der Waals surface area contributed by atoms with Crippen molar-refractivity contribution in [3.63, 3.8) is 0 Å². The van der Waals surface area contributed by atoms with E-state index in [9.17, 15) is 4.79 Å². The van der Waals surface area contributed by atoms with E-state index in [0.717, 1.165) is 27.1 Å². The van der Waals surface area contributed by atoms with E-state index in [4.69, 9.17) is 9.47 Å². The second kappa shape index (κ2) is 9.33. The summed E-state index contributed by atoms with van der Waals surface area (Å²) in [5, 5.41) is 2.88. The first-order chi connectivity index (χ1) is 11.6. The topological polar surface area (TPSA) is 47.6 Å². The Morgan fingerprint density at radius 3 is 2.67 bits per heavy atom. The highest BCUT2D eigenvalue weighted by molar-refractivity contribution is 9.10. The third-order valence-corrected chi connectivity index (χ3v) is 4.25. The van der Waals surface area contributed by atoms with Crippen LogP contribution in [0, 0.1) is 6.92 Å². The highest BCUT2D eigenvalue weighted by Crippen LogP contribution is 2.25. The summed E-state index contributed by atoms with van der Waals surface area (Å²) in [5.41, 5.74) is 2.18. The van der Waals surface area contributed by atoms with Crippen LogP contribution in [0.2, 0.25) is 0 Å². The number of nitrogens with one attached hydrogen (secondary N) is 1. The van der Waals surface area contributed by atoms with Gasteiger partial charge in [-0.05, 0) is 58.6 Å². The second-order valence-electron chi connectivity index (χ2n) is 5.43. The molecule has 2 rings (SSSR count). The molecule has 2 aromatic carbocycles. The van der Waals surface area contributed by atoms with Crippen LogP contribution in [-0.4, -0.2) is 26.2 Å². The first kappa shape index (κ1) is 18.3. The number of hydrogen-bond donors (Lipinski definition) is 1. The van der Waals surface area contributed by atoms with Gasteiger partial charge in [-0.15, -0.1) is 0 Å². The number of carbonyl (C=O) groups excluding carboxylic acids is 1. The summed E-state index contributed by atoms with van der Waals surface area (Å²) in [6, 6.07) is 13.7. The molecule has 2 aromatic rings. The van der Waals surface area contributed by atoms with Crippen molar-refractivity contribution in [3.8, 4) is 11.5 Å². The molecule has 128 valence electrons. The summed E-state index contributed by atoms with van der Waals surface area (Å²) >= 11 is 3.45. The molecular formula is C19H22BrNO3. The van der Waals surface area contributed by atoms with Crippen LogP contribution in [0.5, 0.6) is 11.5 Å². The molecule has 0 spiro atoms. The van der Waals surface area contributed by atoms with Crippen LogP contribution in [0.25, 0.3) is 0 Å². The van der Waals surface area contributed by atoms with Crippen molar-refractivity contribution in [2.45, 2.75) is 19.8 Å². The van der Waals surface area contributed by atoms with Crippen LogP contribution in [0.4, 0.5) is 0 Å². The summed E-state index contributed by atoms with van der Waals surface area (Å²) < 4.78 is 11.7. The quantitative estimate of drug-likeness (QED) is 0.694. The number of rotatable bonds is 8. The molecule has 0 aliphatic heterocycles. The number of halogens is 1. The molecule has 0 saturated carbocycles. The van der Waals surface area contributed by atoms with Gasteiger partial charge in [0.25, 0.3) is 0 Å². The Balaban J connectivity index is 1.68. The maximum Gasteiger partial charge on any atom is 0.220 e. The van der Waals surface area contributed by atoms with Crippen molar-refractivity contribution in [1.82, 2.24) is 5.32 Å². The minimum absolute atomic E-state index is 0.0234. The molecular weight excluding hydrogens is 370 g/mol. The van der Waals surface area contributed by atoms with Crippen LogP contribution in [-0.2, 0) is 11.2 Å². The lowest BCUT2D eigenvalue weighted by Gasteiger charge is -2.10. The van der Waals surface area contributed by atoms with Gasteiger partial charge in [0.15, 0.2) is 0 Å². The zero-order valence-electron chi connectivity index (χ0n) is 14.0. The number of methoxy groups -OCH3 is 1. The number of aryl methyl sites for hydroxylation is 2. The predicted molar refractivity (Wildman–Crippen MR) is 98.7 cm³/mol. The molecule has 1 amide bonds.